The molecule has 1 aliphatic carbocycles. The summed E-state index contributed by atoms with van der Waals surface area (Å²) in [6, 6.07) is 5.75. The van der Waals surface area contributed by atoms with Gasteiger partial charge in [-0.3, -0.25) is 4.79 Å². The van der Waals surface area contributed by atoms with Crippen LogP contribution < -0.4 is 14.8 Å². The van der Waals surface area contributed by atoms with E-state index < -0.39 is 5.72 Å². The van der Waals surface area contributed by atoms with Gasteiger partial charge in [0, 0.05) is 23.8 Å². The Bertz CT molecular complexity index is 707. The molecule has 5 heteroatoms. The fourth-order valence-corrected chi connectivity index (χ4v) is 4.51. The van der Waals surface area contributed by atoms with Crippen LogP contribution in [0.3, 0.4) is 0 Å². The van der Waals surface area contributed by atoms with Crippen molar-refractivity contribution >= 4 is 5.91 Å². The number of fused-ring (bicyclic) bond motifs is 2. The molecule has 3 aliphatic rings. The molecule has 3 unspecified atom stereocenters. The number of ether oxygens (including phenoxy) is 2. The maximum absolute atomic E-state index is 12.6. The van der Waals surface area contributed by atoms with Gasteiger partial charge < -0.3 is 19.9 Å². The van der Waals surface area contributed by atoms with Crippen molar-refractivity contribution in [3.8, 4) is 11.5 Å². The van der Waals surface area contributed by atoms with Crippen LogP contribution in [0, 0.1) is 5.92 Å². The van der Waals surface area contributed by atoms with Crippen LogP contribution in [0.5, 0.6) is 11.5 Å². The van der Waals surface area contributed by atoms with Crippen LogP contribution in [-0.4, -0.2) is 23.8 Å². The van der Waals surface area contributed by atoms with E-state index in [1.54, 1.807) is 14.0 Å². The molecular formula is C18H21NO4. The van der Waals surface area contributed by atoms with Gasteiger partial charge in [-0.1, -0.05) is 18.6 Å². The molecule has 2 aliphatic heterocycles. The van der Waals surface area contributed by atoms with Gasteiger partial charge >= 0.3 is 0 Å². The molecule has 2 N–H and O–H groups in total. The van der Waals surface area contributed by atoms with Crippen molar-refractivity contribution < 1.29 is 19.4 Å². The molecule has 1 saturated carbocycles. The third-order valence-electron chi connectivity index (χ3n) is 5.43. The number of carbonyl (C=O) groups is 1. The predicted octanol–water partition coefficient (Wildman–Crippen LogP) is 3.02. The van der Waals surface area contributed by atoms with Crippen LogP contribution in [0.4, 0.5) is 0 Å². The van der Waals surface area contributed by atoms with Gasteiger partial charge in [0.15, 0.2) is 17.2 Å². The maximum Gasteiger partial charge on any atom is 0.254 e. The van der Waals surface area contributed by atoms with Gasteiger partial charge in [0.25, 0.3) is 5.91 Å². The average molecular weight is 315 g/mol. The van der Waals surface area contributed by atoms with Crippen molar-refractivity contribution in [3.63, 3.8) is 0 Å². The van der Waals surface area contributed by atoms with E-state index in [1.807, 2.05) is 18.2 Å². The van der Waals surface area contributed by atoms with Crippen LogP contribution in [-0.2, 0) is 4.79 Å². The number of hydrogen-bond acceptors (Lipinski definition) is 4. The van der Waals surface area contributed by atoms with E-state index in [9.17, 15) is 9.90 Å². The summed E-state index contributed by atoms with van der Waals surface area (Å²) >= 11 is 0. The van der Waals surface area contributed by atoms with E-state index in [-0.39, 0.29) is 23.5 Å². The maximum atomic E-state index is 12.6. The number of aliphatic hydroxyl groups excluding tert-OH is 1. The Balaban J connectivity index is 1.98. The lowest BCUT2D eigenvalue weighted by Gasteiger charge is -2.54. The third-order valence-corrected chi connectivity index (χ3v) is 5.43. The molecule has 2 fully saturated rings. The first-order valence-electron chi connectivity index (χ1n) is 8.15. The van der Waals surface area contributed by atoms with Crippen molar-refractivity contribution in [3.05, 3.63) is 35.1 Å². The van der Waals surface area contributed by atoms with Gasteiger partial charge in [0.05, 0.1) is 18.4 Å². The number of nitrogens with one attached hydrogen (secondary N) is 1. The highest BCUT2D eigenvalue weighted by atomic mass is 16.5. The first kappa shape index (κ1) is 14.4. The smallest absolute Gasteiger partial charge is 0.254 e. The molecule has 1 aromatic carbocycles. The Morgan fingerprint density at radius 3 is 3.00 bits per heavy atom. The topological polar surface area (TPSA) is 67.8 Å². The molecule has 1 amide bonds. The van der Waals surface area contributed by atoms with Gasteiger partial charge in [-0.15, -0.1) is 0 Å². The van der Waals surface area contributed by atoms with Crippen LogP contribution in [0.2, 0.25) is 0 Å². The van der Waals surface area contributed by atoms with E-state index in [2.05, 4.69) is 5.32 Å². The Morgan fingerprint density at radius 2 is 2.26 bits per heavy atom. The summed E-state index contributed by atoms with van der Waals surface area (Å²) in [7, 11) is 1.62. The number of hydrogen-bond donors (Lipinski definition) is 2. The normalized spacial score (nSPS) is 33.7. The summed E-state index contributed by atoms with van der Waals surface area (Å²) in [6.45, 7) is 1.58. The highest BCUT2D eigenvalue weighted by Gasteiger charge is 2.58. The molecule has 1 saturated heterocycles. The highest BCUT2D eigenvalue weighted by Crippen LogP contribution is 2.57. The average Bonchev–Trinajstić information content (AvgIpc) is 2.52. The Hall–Kier alpha value is -2.17. The molecule has 3 atom stereocenters. The van der Waals surface area contributed by atoms with Crippen molar-refractivity contribution in [1.82, 2.24) is 5.32 Å². The van der Waals surface area contributed by atoms with Crippen LogP contribution in [0.1, 0.15) is 44.1 Å². The molecule has 4 rings (SSSR count). The van der Waals surface area contributed by atoms with Gasteiger partial charge in [0.2, 0.25) is 0 Å². The number of carbonyl (C=O) groups excluding carboxylic acids is 1. The van der Waals surface area contributed by atoms with Gasteiger partial charge in [-0.25, -0.2) is 0 Å². The summed E-state index contributed by atoms with van der Waals surface area (Å²) in [5, 5.41) is 13.2. The fraction of sp³-hybridized carbons (Fsp3) is 0.500. The lowest BCUT2D eigenvalue weighted by atomic mass is 9.64. The second-order valence-corrected chi connectivity index (χ2v) is 6.65. The largest absolute Gasteiger partial charge is 0.512 e. The number of piperidine rings is 1. The lowest BCUT2D eigenvalue weighted by Crippen LogP contribution is -2.66. The van der Waals surface area contributed by atoms with E-state index >= 15 is 0 Å². The summed E-state index contributed by atoms with van der Waals surface area (Å²) in [6.07, 6.45) is 3.89. The minimum atomic E-state index is -0.680. The molecule has 1 aromatic rings. The third kappa shape index (κ3) is 1.89. The lowest BCUT2D eigenvalue weighted by molar-refractivity contribution is -0.141. The number of aliphatic hydroxyl groups is 1. The summed E-state index contributed by atoms with van der Waals surface area (Å²) < 4.78 is 11.8. The number of para-hydroxylation sites is 1. The summed E-state index contributed by atoms with van der Waals surface area (Å²) in [5.41, 5.74) is 0.719. The Morgan fingerprint density at radius 1 is 1.43 bits per heavy atom. The zero-order valence-electron chi connectivity index (χ0n) is 13.4. The number of methoxy groups -OCH3 is 1. The summed E-state index contributed by atoms with van der Waals surface area (Å²) in [4.78, 5) is 12.6. The molecule has 0 spiro atoms. The summed E-state index contributed by atoms with van der Waals surface area (Å²) in [5.74, 6) is 1.22. The van der Waals surface area contributed by atoms with Crippen molar-refractivity contribution in [2.75, 3.05) is 7.11 Å². The SMILES string of the molecule is COc1cccc2c1OC13CCCCC1C2/C(=C(\C)O)C(=O)N3. The van der Waals surface area contributed by atoms with Crippen LogP contribution >= 0.6 is 0 Å². The predicted molar refractivity (Wildman–Crippen MR) is 84.5 cm³/mol. The van der Waals surface area contributed by atoms with Gasteiger partial charge in [0.1, 0.15) is 0 Å². The molecular weight excluding hydrogens is 294 g/mol. The molecule has 23 heavy (non-hydrogen) atoms. The number of benzene rings is 1. The number of allylic oxidation sites excluding steroid dienone is 1. The van der Waals surface area contributed by atoms with Crippen molar-refractivity contribution in [2.45, 2.75) is 44.2 Å². The van der Waals surface area contributed by atoms with E-state index in [0.29, 0.717) is 17.1 Å². The Labute approximate surface area is 135 Å². The van der Waals surface area contributed by atoms with E-state index in [0.717, 1.165) is 31.2 Å². The second-order valence-electron chi connectivity index (χ2n) is 6.65. The van der Waals surface area contributed by atoms with Crippen molar-refractivity contribution in [1.29, 1.82) is 0 Å². The Kier molecular flexibility index (Phi) is 3.08. The first-order chi connectivity index (χ1) is 11.1. The second kappa shape index (κ2) is 4.91. The van der Waals surface area contributed by atoms with Gasteiger partial charge in [-0.05, 0) is 25.8 Å². The molecule has 0 radical (unpaired) electrons. The molecule has 122 valence electrons. The quantitative estimate of drug-likeness (QED) is 0.617. The van der Waals surface area contributed by atoms with E-state index in [4.69, 9.17) is 9.47 Å². The van der Waals surface area contributed by atoms with Crippen LogP contribution in [0.15, 0.2) is 29.5 Å². The van der Waals surface area contributed by atoms with Gasteiger partial charge in [-0.2, -0.15) is 0 Å². The first-order valence-corrected chi connectivity index (χ1v) is 8.15. The molecule has 2 bridgehead atoms. The molecule has 5 nitrogen and oxygen atoms in total. The van der Waals surface area contributed by atoms with E-state index in [1.165, 1.54) is 0 Å². The van der Waals surface area contributed by atoms with Crippen LogP contribution in [0.25, 0.3) is 0 Å². The zero-order chi connectivity index (χ0) is 16.2. The monoisotopic (exact) mass is 315 g/mol. The molecule has 0 aromatic heterocycles. The fourth-order valence-electron chi connectivity index (χ4n) is 4.51. The number of rotatable bonds is 1. The highest BCUT2D eigenvalue weighted by molar-refractivity contribution is 5.97. The standard InChI is InChI=1S/C18H21NO4/c1-10(20)14-15-11-6-5-8-13(22-2)16(11)23-18(19-17(14)21)9-4-3-7-12(15)18/h5-6,8,12,15,20H,3-4,7,9H2,1-2H3,(H,19,21)/b14-10-. The zero-order valence-corrected chi connectivity index (χ0v) is 13.4. The van der Waals surface area contributed by atoms with Crippen molar-refractivity contribution in [2.24, 2.45) is 5.92 Å². The number of amides is 1. The molecule has 2 heterocycles. The minimum Gasteiger partial charge on any atom is -0.512 e. The minimum absolute atomic E-state index is 0.0855.